The van der Waals surface area contributed by atoms with Gasteiger partial charge in [0.2, 0.25) is 0 Å². The van der Waals surface area contributed by atoms with E-state index in [9.17, 15) is 0 Å². The van der Waals surface area contributed by atoms with Crippen molar-refractivity contribution in [2.45, 2.75) is 26.1 Å². The molecule has 0 saturated carbocycles. The molecular weight excluding hydrogens is 390 g/mol. The lowest BCUT2D eigenvalue weighted by molar-refractivity contribution is 0.195. The molecule has 1 N–H and O–H groups in total. The van der Waals surface area contributed by atoms with E-state index >= 15 is 0 Å². The number of aromatic nitrogens is 1. The van der Waals surface area contributed by atoms with Gasteiger partial charge in [0.1, 0.15) is 12.4 Å². The van der Waals surface area contributed by atoms with Crippen LogP contribution in [0.1, 0.15) is 18.2 Å². The van der Waals surface area contributed by atoms with Crippen LogP contribution in [0, 0.1) is 0 Å². The van der Waals surface area contributed by atoms with E-state index in [0.717, 1.165) is 42.1 Å². The zero-order chi connectivity index (χ0) is 16.1. The molecule has 6 heteroatoms. The largest absolute Gasteiger partial charge is 0.487 e. The molecule has 0 unspecified atom stereocenters. The van der Waals surface area contributed by atoms with Gasteiger partial charge in [0.25, 0.3) is 0 Å². The standard InChI is InChI=1S/C18H22BrN3O.ClH/c1-14-11-22(9-8-20-14)12-15-10-16(19)5-6-18(15)23-13-17-4-2-3-7-21-17;/h2-7,10,14,20H,8-9,11-13H2,1H3;1H/t14-;/m1./s1. The SMILES string of the molecule is C[C@@H]1CN(Cc2cc(Br)ccc2OCc2ccccn2)CCN1.Cl. The molecule has 24 heavy (non-hydrogen) atoms. The Bertz CT molecular complexity index is 641. The number of hydrogen-bond donors (Lipinski definition) is 1. The van der Waals surface area contributed by atoms with Crippen LogP contribution in [0.4, 0.5) is 0 Å². The van der Waals surface area contributed by atoms with Crippen LogP contribution < -0.4 is 10.1 Å². The molecule has 1 aliphatic rings. The predicted octanol–water partition coefficient (Wildman–Crippen LogP) is 3.64. The minimum absolute atomic E-state index is 0. The molecule has 1 saturated heterocycles. The molecule has 2 heterocycles. The van der Waals surface area contributed by atoms with Crippen molar-refractivity contribution in [3.63, 3.8) is 0 Å². The molecule has 1 atom stereocenters. The lowest BCUT2D eigenvalue weighted by atomic mass is 10.1. The van der Waals surface area contributed by atoms with Crippen molar-refractivity contribution in [1.29, 1.82) is 0 Å². The Morgan fingerprint density at radius 2 is 2.21 bits per heavy atom. The molecule has 1 aromatic heterocycles. The van der Waals surface area contributed by atoms with E-state index < -0.39 is 0 Å². The van der Waals surface area contributed by atoms with Crippen LogP contribution in [0.2, 0.25) is 0 Å². The van der Waals surface area contributed by atoms with Crippen molar-refractivity contribution < 1.29 is 4.74 Å². The Labute approximate surface area is 158 Å². The van der Waals surface area contributed by atoms with Crippen molar-refractivity contribution in [2.24, 2.45) is 0 Å². The number of nitrogens with one attached hydrogen (secondary N) is 1. The predicted molar refractivity (Wildman–Crippen MR) is 103 cm³/mol. The lowest BCUT2D eigenvalue weighted by Crippen LogP contribution is -2.48. The van der Waals surface area contributed by atoms with E-state index in [2.05, 4.69) is 44.1 Å². The summed E-state index contributed by atoms with van der Waals surface area (Å²) in [5.41, 5.74) is 2.15. The third-order valence-electron chi connectivity index (χ3n) is 3.97. The summed E-state index contributed by atoms with van der Waals surface area (Å²) in [4.78, 5) is 6.78. The molecule has 0 amide bonds. The Hall–Kier alpha value is -1.14. The average Bonchev–Trinajstić information content (AvgIpc) is 2.55. The number of ether oxygens (including phenoxy) is 1. The van der Waals surface area contributed by atoms with E-state index in [-0.39, 0.29) is 12.4 Å². The molecule has 2 aromatic rings. The summed E-state index contributed by atoms with van der Waals surface area (Å²) in [6.07, 6.45) is 1.79. The summed E-state index contributed by atoms with van der Waals surface area (Å²) >= 11 is 3.57. The molecule has 1 fully saturated rings. The maximum absolute atomic E-state index is 6.02. The maximum atomic E-state index is 6.02. The van der Waals surface area contributed by atoms with E-state index in [1.165, 1.54) is 5.56 Å². The van der Waals surface area contributed by atoms with Gasteiger partial charge >= 0.3 is 0 Å². The highest BCUT2D eigenvalue weighted by atomic mass is 79.9. The fraction of sp³-hybridized carbons (Fsp3) is 0.389. The Balaban J connectivity index is 0.00000208. The van der Waals surface area contributed by atoms with Crippen LogP contribution in [0.5, 0.6) is 5.75 Å². The number of hydrogen-bond acceptors (Lipinski definition) is 4. The van der Waals surface area contributed by atoms with Crippen LogP contribution in [0.3, 0.4) is 0 Å². The van der Waals surface area contributed by atoms with Crippen molar-refractivity contribution in [1.82, 2.24) is 15.2 Å². The van der Waals surface area contributed by atoms with Gasteiger partial charge in [0.05, 0.1) is 5.69 Å². The van der Waals surface area contributed by atoms with E-state index in [1.807, 2.05) is 30.3 Å². The van der Waals surface area contributed by atoms with Gasteiger partial charge in [-0.2, -0.15) is 0 Å². The van der Waals surface area contributed by atoms with Crippen LogP contribution in [0.25, 0.3) is 0 Å². The van der Waals surface area contributed by atoms with Gasteiger partial charge in [-0.3, -0.25) is 9.88 Å². The van der Waals surface area contributed by atoms with Crippen LogP contribution in [-0.2, 0) is 13.2 Å². The zero-order valence-corrected chi connectivity index (χ0v) is 16.1. The highest BCUT2D eigenvalue weighted by Gasteiger charge is 2.17. The first-order valence-corrected chi connectivity index (χ1v) is 8.77. The molecule has 4 nitrogen and oxygen atoms in total. The summed E-state index contributed by atoms with van der Waals surface area (Å²) in [6, 6.07) is 12.6. The van der Waals surface area contributed by atoms with Crippen molar-refractivity contribution in [3.8, 4) is 5.75 Å². The van der Waals surface area contributed by atoms with E-state index in [1.54, 1.807) is 6.20 Å². The van der Waals surface area contributed by atoms with Crippen molar-refractivity contribution in [2.75, 3.05) is 19.6 Å². The second-order valence-electron chi connectivity index (χ2n) is 5.95. The molecule has 0 radical (unpaired) electrons. The van der Waals surface area contributed by atoms with Gasteiger partial charge in [-0.15, -0.1) is 12.4 Å². The summed E-state index contributed by atoms with van der Waals surface area (Å²) in [5, 5.41) is 3.48. The summed E-state index contributed by atoms with van der Waals surface area (Å²) in [7, 11) is 0. The number of nitrogens with zero attached hydrogens (tertiary/aromatic N) is 2. The quantitative estimate of drug-likeness (QED) is 0.813. The second-order valence-corrected chi connectivity index (χ2v) is 6.87. The smallest absolute Gasteiger partial charge is 0.130 e. The molecule has 130 valence electrons. The Morgan fingerprint density at radius 1 is 1.33 bits per heavy atom. The maximum Gasteiger partial charge on any atom is 0.130 e. The average molecular weight is 413 g/mol. The minimum Gasteiger partial charge on any atom is -0.487 e. The number of piperazine rings is 1. The zero-order valence-electron chi connectivity index (χ0n) is 13.7. The number of benzene rings is 1. The van der Waals surface area contributed by atoms with E-state index in [0.29, 0.717) is 12.6 Å². The highest BCUT2D eigenvalue weighted by molar-refractivity contribution is 9.10. The molecule has 1 aromatic carbocycles. The van der Waals surface area contributed by atoms with Gasteiger partial charge in [-0.25, -0.2) is 0 Å². The third-order valence-corrected chi connectivity index (χ3v) is 4.46. The molecule has 3 rings (SSSR count). The van der Waals surface area contributed by atoms with Gasteiger partial charge in [-0.1, -0.05) is 22.0 Å². The topological polar surface area (TPSA) is 37.4 Å². The van der Waals surface area contributed by atoms with Crippen LogP contribution in [-0.4, -0.2) is 35.6 Å². The highest BCUT2D eigenvalue weighted by Crippen LogP contribution is 2.25. The van der Waals surface area contributed by atoms with Gasteiger partial charge < -0.3 is 10.1 Å². The first kappa shape index (κ1) is 19.2. The van der Waals surface area contributed by atoms with Crippen LogP contribution in [0.15, 0.2) is 47.1 Å². The normalized spacial score (nSPS) is 18.0. The minimum atomic E-state index is 0. The lowest BCUT2D eigenvalue weighted by Gasteiger charge is -2.32. The monoisotopic (exact) mass is 411 g/mol. The van der Waals surface area contributed by atoms with Crippen molar-refractivity contribution in [3.05, 3.63) is 58.3 Å². The first-order chi connectivity index (χ1) is 11.2. The van der Waals surface area contributed by atoms with Crippen molar-refractivity contribution >= 4 is 28.3 Å². The third kappa shape index (κ3) is 5.45. The Kier molecular flexibility index (Phi) is 7.49. The molecule has 0 bridgehead atoms. The number of rotatable bonds is 5. The molecule has 0 aliphatic carbocycles. The van der Waals surface area contributed by atoms with Gasteiger partial charge in [0, 0.05) is 48.5 Å². The summed E-state index contributed by atoms with van der Waals surface area (Å²) in [5.74, 6) is 0.935. The van der Waals surface area contributed by atoms with Gasteiger partial charge in [-0.05, 0) is 37.3 Å². The molecule has 0 spiro atoms. The van der Waals surface area contributed by atoms with Gasteiger partial charge in [0.15, 0.2) is 0 Å². The summed E-state index contributed by atoms with van der Waals surface area (Å²) in [6.45, 7) is 6.80. The Morgan fingerprint density at radius 3 is 2.96 bits per heavy atom. The number of halogens is 2. The fourth-order valence-corrected chi connectivity index (χ4v) is 3.25. The fourth-order valence-electron chi connectivity index (χ4n) is 2.84. The summed E-state index contributed by atoms with van der Waals surface area (Å²) < 4.78 is 7.11. The van der Waals surface area contributed by atoms with Crippen LogP contribution >= 0.6 is 28.3 Å². The number of pyridine rings is 1. The first-order valence-electron chi connectivity index (χ1n) is 7.97. The molecule has 1 aliphatic heterocycles. The molecular formula is C18H23BrClN3O. The van der Waals surface area contributed by atoms with E-state index in [4.69, 9.17) is 4.74 Å². The second kappa shape index (κ2) is 9.37.